The maximum atomic E-state index is 12.7. The van der Waals surface area contributed by atoms with Gasteiger partial charge in [-0.2, -0.15) is 0 Å². The molecule has 12 heteroatoms. The first-order valence-electron chi connectivity index (χ1n) is 9.24. The Labute approximate surface area is 186 Å². The molecule has 1 aliphatic rings. The molecule has 0 spiro atoms. The monoisotopic (exact) mass is 480 g/mol. The van der Waals surface area contributed by atoms with Crippen molar-refractivity contribution in [1.82, 2.24) is 0 Å². The molecular formula is C19H22Cl2O10. The van der Waals surface area contributed by atoms with Gasteiger partial charge in [0.1, 0.15) is 51.9 Å². The van der Waals surface area contributed by atoms with Gasteiger partial charge in [0.15, 0.2) is 0 Å². The van der Waals surface area contributed by atoms with Crippen LogP contribution in [0.15, 0.2) is 27.4 Å². The van der Waals surface area contributed by atoms with E-state index in [-0.39, 0.29) is 29.1 Å². The number of fused-ring (bicyclic) bond motifs is 1. The minimum atomic E-state index is -1.68. The van der Waals surface area contributed by atoms with Crippen molar-refractivity contribution in [2.24, 2.45) is 0 Å². The average molecular weight is 481 g/mol. The number of rotatable bonds is 7. The van der Waals surface area contributed by atoms with Crippen LogP contribution >= 0.6 is 23.2 Å². The molecule has 1 aliphatic heterocycles. The van der Waals surface area contributed by atoms with E-state index in [4.69, 9.17) is 41.8 Å². The normalized spacial score (nSPS) is 27.5. The average Bonchev–Trinajstić information content (AvgIpc) is 2.73. The molecule has 31 heavy (non-hydrogen) atoms. The SMILES string of the molecule is COc1cc(O[C@@H]2O[C@H](CO)[C@@H](O)[C@H](O)[C@H]2O)c2c(=O)oc(CC(O)C(Cl)Cl)cc2c1. The first-order valence-corrected chi connectivity index (χ1v) is 10.1. The molecule has 0 aliphatic carbocycles. The highest BCUT2D eigenvalue weighted by Crippen LogP contribution is 2.33. The Morgan fingerprint density at radius 2 is 1.84 bits per heavy atom. The summed E-state index contributed by atoms with van der Waals surface area (Å²) in [6.45, 7) is -0.639. The van der Waals surface area contributed by atoms with Gasteiger partial charge in [-0.1, -0.05) is 0 Å². The molecule has 6 atom stereocenters. The number of aliphatic hydroxyl groups excluding tert-OH is 5. The van der Waals surface area contributed by atoms with Crippen molar-refractivity contribution in [3.05, 3.63) is 34.4 Å². The highest BCUT2D eigenvalue weighted by molar-refractivity contribution is 6.44. The molecule has 0 radical (unpaired) electrons. The summed E-state index contributed by atoms with van der Waals surface area (Å²) in [5.74, 6) is 0.312. The van der Waals surface area contributed by atoms with Crippen molar-refractivity contribution >= 4 is 34.0 Å². The zero-order chi connectivity index (χ0) is 22.9. The molecule has 5 N–H and O–H groups in total. The predicted molar refractivity (Wildman–Crippen MR) is 109 cm³/mol. The third kappa shape index (κ3) is 5.07. The zero-order valence-corrected chi connectivity index (χ0v) is 17.7. The van der Waals surface area contributed by atoms with Gasteiger partial charge >= 0.3 is 5.63 Å². The Kier molecular flexibility index (Phi) is 7.66. The Bertz CT molecular complexity index is 963. The number of hydrogen-bond acceptors (Lipinski definition) is 10. The lowest BCUT2D eigenvalue weighted by Gasteiger charge is -2.39. The topological polar surface area (TPSA) is 159 Å². The van der Waals surface area contributed by atoms with Gasteiger partial charge in [0.25, 0.3) is 0 Å². The fraction of sp³-hybridized carbons (Fsp3) is 0.526. The molecule has 1 aromatic heterocycles. The van der Waals surface area contributed by atoms with Crippen molar-refractivity contribution < 1.29 is 44.2 Å². The van der Waals surface area contributed by atoms with Crippen molar-refractivity contribution in [3.63, 3.8) is 0 Å². The molecule has 2 aromatic rings. The van der Waals surface area contributed by atoms with E-state index in [1.54, 1.807) is 0 Å². The fourth-order valence-electron chi connectivity index (χ4n) is 3.21. The molecule has 0 bridgehead atoms. The number of hydrogen-bond donors (Lipinski definition) is 5. The van der Waals surface area contributed by atoms with E-state index in [2.05, 4.69) is 0 Å². The van der Waals surface area contributed by atoms with Crippen LogP contribution in [0.25, 0.3) is 10.8 Å². The highest BCUT2D eigenvalue weighted by Gasteiger charge is 2.45. The molecule has 2 heterocycles. The molecule has 1 saturated heterocycles. The molecular weight excluding hydrogens is 459 g/mol. The quantitative estimate of drug-likeness (QED) is 0.332. The summed E-state index contributed by atoms with van der Waals surface area (Å²) < 4.78 is 21.4. The van der Waals surface area contributed by atoms with Crippen LogP contribution in [0, 0.1) is 0 Å². The lowest BCUT2D eigenvalue weighted by atomic mass is 9.99. The van der Waals surface area contributed by atoms with Gasteiger partial charge in [0.2, 0.25) is 6.29 Å². The number of methoxy groups -OCH3 is 1. The predicted octanol–water partition coefficient (Wildman–Crippen LogP) is -0.313. The van der Waals surface area contributed by atoms with E-state index in [0.29, 0.717) is 5.39 Å². The molecule has 0 amide bonds. The summed E-state index contributed by atoms with van der Waals surface area (Å²) in [6.07, 6.45) is -8.89. The minimum absolute atomic E-state index is 0.0238. The van der Waals surface area contributed by atoms with Crippen LogP contribution in [0.4, 0.5) is 0 Å². The fourth-order valence-corrected chi connectivity index (χ4v) is 3.39. The number of benzene rings is 1. The standard InChI is InChI=1S/C19H22Cl2O10/c1-28-8-2-7-3-9(4-10(23)17(20)21)29-18(27)13(7)11(5-8)30-19-16(26)15(25)14(24)12(6-22)31-19/h2-3,5,10,12,14-17,19,22-26H,4,6H2,1H3/t10?,12-,14-,15+,16-,19-/m1/s1. The van der Waals surface area contributed by atoms with Crippen molar-refractivity contribution in [3.8, 4) is 11.5 Å². The Balaban J connectivity index is 2.01. The van der Waals surface area contributed by atoms with E-state index in [9.17, 15) is 30.3 Å². The lowest BCUT2D eigenvalue weighted by Crippen LogP contribution is -2.60. The maximum Gasteiger partial charge on any atom is 0.347 e. The summed E-state index contributed by atoms with van der Waals surface area (Å²) in [5, 5.41) is 49.6. The number of alkyl halides is 2. The molecule has 172 valence electrons. The van der Waals surface area contributed by atoms with Crippen LogP contribution in [-0.2, 0) is 11.2 Å². The lowest BCUT2D eigenvalue weighted by molar-refractivity contribution is -0.277. The largest absolute Gasteiger partial charge is 0.497 e. The zero-order valence-electron chi connectivity index (χ0n) is 16.2. The summed E-state index contributed by atoms with van der Waals surface area (Å²) in [6, 6.07) is 4.35. The second-order valence-electron chi connectivity index (χ2n) is 7.01. The van der Waals surface area contributed by atoms with E-state index in [1.807, 2.05) is 0 Å². The highest BCUT2D eigenvalue weighted by atomic mass is 35.5. The first kappa shape index (κ1) is 24.0. The van der Waals surface area contributed by atoms with Gasteiger partial charge in [-0.25, -0.2) is 4.79 Å². The van der Waals surface area contributed by atoms with Gasteiger partial charge in [-0.15, -0.1) is 23.2 Å². The first-order chi connectivity index (χ1) is 14.7. The van der Waals surface area contributed by atoms with Gasteiger partial charge in [-0.05, 0) is 17.5 Å². The van der Waals surface area contributed by atoms with Gasteiger partial charge < -0.3 is 44.2 Å². The minimum Gasteiger partial charge on any atom is -0.497 e. The number of aliphatic hydroxyl groups is 5. The molecule has 3 rings (SSSR count). The Morgan fingerprint density at radius 3 is 2.45 bits per heavy atom. The summed E-state index contributed by atoms with van der Waals surface area (Å²) in [4.78, 5) is 11.6. The Morgan fingerprint density at radius 1 is 1.13 bits per heavy atom. The van der Waals surface area contributed by atoms with Crippen LogP contribution in [0.3, 0.4) is 0 Å². The van der Waals surface area contributed by atoms with Crippen LogP contribution in [0.1, 0.15) is 5.76 Å². The summed E-state index contributed by atoms with van der Waals surface area (Å²) in [7, 11) is 1.39. The maximum absolute atomic E-state index is 12.7. The van der Waals surface area contributed by atoms with Crippen molar-refractivity contribution in [1.29, 1.82) is 0 Å². The third-order valence-electron chi connectivity index (χ3n) is 4.88. The van der Waals surface area contributed by atoms with E-state index < -0.39 is 53.9 Å². The van der Waals surface area contributed by atoms with Crippen molar-refractivity contribution in [2.45, 2.75) is 48.1 Å². The van der Waals surface area contributed by atoms with Gasteiger partial charge in [0, 0.05) is 12.5 Å². The van der Waals surface area contributed by atoms with Gasteiger partial charge in [-0.3, -0.25) is 0 Å². The number of ether oxygens (including phenoxy) is 3. The second kappa shape index (κ2) is 9.88. The number of halogens is 2. The summed E-state index contributed by atoms with van der Waals surface area (Å²) >= 11 is 11.3. The summed E-state index contributed by atoms with van der Waals surface area (Å²) in [5.41, 5.74) is -0.817. The molecule has 10 nitrogen and oxygen atoms in total. The van der Waals surface area contributed by atoms with Crippen molar-refractivity contribution in [2.75, 3.05) is 13.7 Å². The van der Waals surface area contributed by atoms with E-state index in [0.717, 1.165) is 0 Å². The van der Waals surface area contributed by atoms with Crippen LogP contribution in [0.2, 0.25) is 0 Å². The van der Waals surface area contributed by atoms with Crippen LogP contribution in [0.5, 0.6) is 11.5 Å². The van der Waals surface area contributed by atoms with Crippen LogP contribution < -0.4 is 15.1 Å². The molecule has 1 unspecified atom stereocenters. The molecule has 1 fully saturated rings. The van der Waals surface area contributed by atoms with Crippen LogP contribution in [-0.4, -0.2) is 80.9 Å². The van der Waals surface area contributed by atoms with Gasteiger partial charge in [0.05, 0.1) is 19.8 Å². The third-order valence-corrected chi connectivity index (χ3v) is 5.46. The molecule has 0 saturated carbocycles. The second-order valence-corrected chi connectivity index (χ2v) is 8.17. The van der Waals surface area contributed by atoms with E-state index >= 15 is 0 Å². The Hall–Kier alpha value is -1.63. The van der Waals surface area contributed by atoms with E-state index in [1.165, 1.54) is 25.3 Å². The smallest absolute Gasteiger partial charge is 0.347 e. The molecule has 1 aromatic carbocycles.